The number of benzene rings is 3. The first-order chi connectivity index (χ1) is 14.0. The Balaban J connectivity index is 1.92. The Kier molecular flexibility index (Phi) is 6.29. The second kappa shape index (κ2) is 9.06. The lowest BCUT2D eigenvalue weighted by molar-refractivity contribution is 0.0597. The number of carbonyl (C=O) groups excluding carboxylic acids is 2. The Morgan fingerprint density at radius 1 is 0.793 bits per heavy atom. The smallest absolute Gasteiger partial charge is 0.343 e. The van der Waals surface area contributed by atoms with E-state index in [0.29, 0.717) is 28.4 Å². The van der Waals surface area contributed by atoms with Crippen molar-refractivity contribution < 1.29 is 23.8 Å². The van der Waals surface area contributed by atoms with Crippen LogP contribution < -0.4 is 9.47 Å². The highest BCUT2D eigenvalue weighted by molar-refractivity contribution is 5.92. The average molecular weight is 390 g/mol. The number of para-hydroxylation sites is 1. The molecule has 3 aromatic rings. The van der Waals surface area contributed by atoms with Crippen LogP contribution in [0.4, 0.5) is 0 Å². The molecular weight excluding hydrogens is 368 g/mol. The molecule has 0 aliphatic rings. The van der Waals surface area contributed by atoms with Crippen molar-refractivity contribution in [3.05, 3.63) is 89.5 Å². The summed E-state index contributed by atoms with van der Waals surface area (Å²) in [5.74, 6) is 0.437. The van der Waals surface area contributed by atoms with Crippen LogP contribution in [-0.4, -0.2) is 19.0 Å². The largest absolute Gasteiger partial charge is 0.465 e. The lowest BCUT2D eigenvalue weighted by atomic mass is 10.0. The molecular formula is C24H22O5. The van der Waals surface area contributed by atoms with Crippen molar-refractivity contribution in [3.8, 4) is 17.2 Å². The maximum atomic E-state index is 12.4. The van der Waals surface area contributed by atoms with Crippen molar-refractivity contribution in [2.75, 3.05) is 7.11 Å². The molecule has 3 aromatic carbocycles. The predicted octanol–water partition coefficient (Wildman–Crippen LogP) is 5.61. The molecule has 0 heterocycles. The summed E-state index contributed by atoms with van der Waals surface area (Å²) in [5, 5.41) is 0. The van der Waals surface area contributed by atoms with E-state index in [1.54, 1.807) is 54.6 Å². The van der Waals surface area contributed by atoms with Gasteiger partial charge in [0.2, 0.25) is 0 Å². The van der Waals surface area contributed by atoms with E-state index in [0.717, 1.165) is 5.56 Å². The van der Waals surface area contributed by atoms with Crippen LogP contribution in [0.5, 0.6) is 17.2 Å². The maximum absolute atomic E-state index is 12.4. The number of esters is 2. The SMILES string of the molecule is COC(=O)c1ccccc1Oc1cc(OC(=O)c2ccccc2)cc(C(C)C)c1. The Bertz CT molecular complexity index is 1010. The molecule has 148 valence electrons. The molecule has 0 bridgehead atoms. The number of hydrogen-bond donors (Lipinski definition) is 0. The molecule has 0 aliphatic heterocycles. The fourth-order valence-corrected chi connectivity index (χ4v) is 2.75. The summed E-state index contributed by atoms with van der Waals surface area (Å²) in [4.78, 5) is 24.4. The van der Waals surface area contributed by atoms with Crippen molar-refractivity contribution in [2.24, 2.45) is 0 Å². The van der Waals surface area contributed by atoms with Gasteiger partial charge in [-0.1, -0.05) is 44.2 Å². The summed E-state index contributed by atoms with van der Waals surface area (Å²) in [5.41, 5.74) is 1.71. The first kappa shape index (κ1) is 20.1. The lowest BCUT2D eigenvalue weighted by Crippen LogP contribution is -2.09. The molecule has 29 heavy (non-hydrogen) atoms. The molecule has 0 unspecified atom stereocenters. The van der Waals surface area contributed by atoms with Crippen molar-refractivity contribution in [1.82, 2.24) is 0 Å². The van der Waals surface area contributed by atoms with Crippen LogP contribution in [0.25, 0.3) is 0 Å². The van der Waals surface area contributed by atoms with Crippen molar-refractivity contribution in [1.29, 1.82) is 0 Å². The van der Waals surface area contributed by atoms with Gasteiger partial charge in [-0.2, -0.15) is 0 Å². The zero-order valence-electron chi connectivity index (χ0n) is 16.5. The second-order valence-corrected chi connectivity index (χ2v) is 6.74. The Hall–Kier alpha value is -3.60. The molecule has 0 saturated heterocycles. The van der Waals surface area contributed by atoms with Crippen LogP contribution in [-0.2, 0) is 4.74 Å². The molecule has 0 spiro atoms. The van der Waals surface area contributed by atoms with Gasteiger partial charge in [0, 0.05) is 6.07 Å². The predicted molar refractivity (Wildman–Crippen MR) is 110 cm³/mol. The molecule has 0 saturated carbocycles. The number of carbonyl (C=O) groups is 2. The van der Waals surface area contributed by atoms with Crippen LogP contribution in [0.15, 0.2) is 72.8 Å². The normalized spacial score (nSPS) is 10.5. The van der Waals surface area contributed by atoms with E-state index < -0.39 is 11.9 Å². The fourth-order valence-electron chi connectivity index (χ4n) is 2.75. The first-order valence-electron chi connectivity index (χ1n) is 9.25. The van der Waals surface area contributed by atoms with Gasteiger partial charge in [0.25, 0.3) is 0 Å². The third kappa shape index (κ3) is 5.02. The number of rotatable bonds is 6. The topological polar surface area (TPSA) is 61.8 Å². The Labute approximate surface area is 169 Å². The van der Waals surface area contributed by atoms with Crippen LogP contribution in [0.2, 0.25) is 0 Å². The molecule has 5 nitrogen and oxygen atoms in total. The van der Waals surface area contributed by atoms with Crippen molar-refractivity contribution in [3.63, 3.8) is 0 Å². The fraction of sp³-hybridized carbons (Fsp3) is 0.167. The number of ether oxygens (including phenoxy) is 3. The highest BCUT2D eigenvalue weighted by Crippen LogP contribution is 2.32. The van der Waals surface area contributed by atoms with Gasteiger partial charge in [0.1, 0.15) is 22.8 Å². The molecule has 5 heteroatoms. The second-order valence-electron chi connectivity index (χ2n) is 6.74. The molecule has 0 amide bonds. The minimum atomic E-state index is -0.489. The zero-order valence-corrected chi connectivity index (χ0v) is 16.5. The van der Waals surface area contributed by atoms with Crippen LogP contribution >= 0.6 is 0 Å². The summed E-state index contributed by atoms with van der Waals surface area (Å²) in [6.45, 7) is 4.06. The minimum absolute atomic E-state index is 0.184. The van der Waals surface area contributed by atoms with Gasteiger partial charge in [-0.05, 0) is 47.9 Å². The van der Waals surface area contributed by atoms with Crippen molar-refractivity contribution >= 4 is 11.9 Å². The van der Waals surface area contributed by atoms with E-state index in [9.17, 15) is 9.59 Å². The van der Waals surface area contributed by atoms with Crippen LogP contribution in [0.1, 0.15) is 46.0 Å². The first-order valence-corrected chi connectivity index (χ1v) is 9.25. The lowest BCUT2D eigenvalue weighted by Gasteiger charge is -2.14. The van der Waals surface area contributed by atoms with E-state index in [2.05, 4.69) is 0 Å². The third-order valence-electron chi connectivity index (χ3n) is 4.31. The molecule has 0 atom stereocenters. The molecule has 0 aromatic heterocycles. The van der Waals surface area contributed by atoms with Gasteiger partial charge < -0.3 is 14.2 Å². The molecule has 0 fully saturated rings. The Morgan fingerprint density at radius 2 is 1.45 bits per heavy atom. The van der Waals surface area contributed by atoms with E-state index in [1.165, 1.54) is 7.11 Å². The number of hydrogen-bond acceptors (Lipinski definition) is 5. The monoisotopic (exact) mass is 390 g/mol. The average Bonchev–Trinajstić information content (AvgIpc) is 2.74. The third-order valence-corrected chi connectivity index (χ3v) is 4.31. The van der Waals surface area contributed by atoms with Gasteiger partial charge in [0.15, 0.2) is 0 Å². The van der Waals surface area contributed by atoms with Gasteiger partial charge in [-0.15, -0.1) is 0 Å². The highest BCUT2D eigenvalue weighted by atomic mass is 16.5. The number of methoxy groups -OCH3 is 1. The summed E-state index contributed by atoms with van der Waals surface area (Å²) in [7, 11) is 1.32. The van der Waals surface area contributed by atoms with Gasteiger partial charge in [0.05, 0.1) is 12.7 Å². The molecule has 0 N–H and O–H groups in total. The summed E-state index contributed by atoms with van der Waals surface area (Å²) in [6, 6.07) is 20.9. The molecule has 0 radical (unpaired) electrons. The van der Waals surface area contributed by atoms with E-state index >= 15 is 0 Å². The van der Waals surface area contributed by atoms with Gasteiger partial charge in [-0.3, -0.25) is 0 Å². The standard InChI is InChI=1S/C24H22O5/c1-16(2)18-13-19(28-22-12-8-7-11-21(22)24(26)27-3)15-20(14-18)29-23(25)17-9-5-4-6-10-17/h4-16H,1-3H3. The van der Waals surface area contributed by atoms with E-state index in [-0.39, 0.29) is 5.92 Å². The Morgan fingerprint density at radius 3 is 2.14 bits per heavy atom. The zero-order chi connectivity index (χ0) is 20.8. The van der Waals surface area contributed by atoms with Crippen LogP contribution in [0, 0.1) is 0 Å². The maximum Gasteiger partial charge on any atom is 0.343 e. The highest BCUT2D eigenvalue weighted by Gasteiger charge is 2.15. The van der Waals surface area contributed by atoms with E-state index in [1.807, 2.05) is 32.0 Å². The summed E-state index contributed by atoms with van der Waals surface area (Å²) < 4.78 is 16.3. The molecule has 0 aliphatic carbocycles. The van der Waals surface area contributed by atoms with Crippen LogP contribution in [0.3, 0.4) is 0 Å². The summed E-state index contributed by atoms with van der Waals surface area (Å²) >= 11 is 0. The van der Waals surface area contributed by atoms with Crippen molar-refractivity contribution in [2.45, 2.75) is 19.8 Å². The van der Waals surface area contributed by atoms with Gasteiger partial charge in [-0.25, -0.2) is 9.59 Å². The molecule has 3 rings (SSSR count). The van der Waals surface area contributed by atoms with E-state index in [4.69, 9.17) is 14.2 Å². The quantitative estimate of drug-likeness (QED) is 0.404. The van der Waals surface area contributed by atoms with Gasteiger partial charge >= 0.3 is 11.9 Å². The summed E-state index contributed by atoms with van der Waals surface area (Å²) in [6.07, 6.45) is 0. The minimum Gasteiger partial charge on any atom is -0.465 e.